The Hall–Kier alpha value is -5.89. The summed E-state index contributed by atoms with van der Waals surface area (Å²) in [4.78, 5) is 15.2. The van der Waals surface area contributed by atoms with Gasteiger partial charge in [0.05, 0.1) is 30.2 Å². The maximum absolute atomic E-state index is 15.2. The van der Waals surface area contributed by atoms with Gasteiger partial charge < -0.3 is 31.1 Å². The molecule has 5 fully saturated rings. The number of rotatable bonds is 8. The van der Waals surface area contributed by atoms with E-state index in [-0.39, 0.29) is 51.8 Å². The van der Waals surface area contributed by atoms with Crippen molar-refractivity contribution in [1.82, 2.24) is 10.6 Å². The van der Waals surface area contributed by atoms with Gasteiger partial charge in [-0.3, -0.25) is 4.79 Å². The molecule has 6 aliphatic heterocycles. The summed E-state index contributed by atoms with van der Waals surface area (Å²) >= 11 is 0. The quantitative estimate of drug-likeness (QED) is 0.0755. The third-order valence-corrected chi connectivity index (χ3v) is 30.0. The molecule has 93 heavy (non-hydrogen) atoms. The van der Waals surface area contributed by atoms with Crippen LogP contribution in [0.1, 0.15) is 191 Å². The number of aliphatic hydroxyl groups excluding tert-OH is 3. The van der Waals surface area contributed by atoms with E-state index in [4.69, 9.17) is 0 Å². The molecule has 12 aliphatic carbocycles. The van der Waals surface area contributed by atoms with Gasteiger partial charge in [0.25, 0.3) is 0 Å². The summed E-state index contributed by atoms with van der Waals surface area (Å²) < 4.78 is 0. The SMILES string of the molecule is CCCCCc1ccccc1C[C@@H]1CC[C@@]2(CC[C@@H]3[C@H]2C=C[C@]24[C@H](O)C[C@]35C3=C(CC[C@]25C)[C@@]25[C@@H]6C7=C[C@]8(C=CC[C@](C)([C@@H](O)C[C@H]2C=CC6=c2ccccc2=C7Cc2cccc(c2)C2=CC=C(NCCC[C@@H](C6CCCCC6)/C(=C/O)CC[C@H]4C(=O)O)NC2)[C@H]85)C3)C1. The smallest absolute Gasteiger partial charge is 0.307 e. The van der Waals surface area contributed by atoms with Crippen molar-refractivity contribution in [2.24, 2.45) is 91.2 Å². The van der Waals surface area contributed by atoms with Gasteiger partial charge in [-0.25, -0.2) is 0 Å². The molecule has 21 rings (SSSR count). The molecular weight excluding hydrogens is 1140 g/mol. The van der Waals surface area contributed by atoms with Gasteiger partial charge >= 0.3 is 5.97 Å². The number of carboxylic acid groups (broad SMARTS) is 1. The highest BCUT2D eigenvalue weighted by Gasteiger charge is 2.82. The van der Waals surface area contributed by atoms with Crippen molar-refractivity contribution in [2.75, 3.05) is 13.1 Å². The lowest BCUT2D eigenvalue weighted by atomic mass is 9.27. The summed E-state index contributed by atoms with van der Waals surface area (Å²) in [6.45, 7) is 8.88. The Labute approximate surface area is 554 Å². The Kier molecular flexibility index (Phi) is 14.8. The second-order valence-corrected chi connectivity index (χ2v) is 33.6. The molecule has 5 saturated carbocycles. The standard InChI is InChI=1S/C86H104N2O5/c1-4-5-7-18-56-19-10-11-22-58(56)45-55-33-40-82(48-55)41-35-70-69(82)36-42-84-72(78(92)93)31-27-61(53-89)63(57-20-8-6-9-21-57)26-15-43-87-76-32-28-60(52-88-76)59-23-14-17-54(44-59)46-67-65-25-13-12-24-64(65)66-30-29-62-47-74(90)80(2)37-16-38-83-49-68(67)77(66)86(62,79(80)83)71-34-39-81(84,3)85(70,51-75(84)91)73(71)50-83/h10-14,16-17,19,22-25,28-30,32,36,38,42,44,49,53,55,57,62-63,69-70,72,74-75,77,79,87-91H,4-9,15,18,20-21,26-27,31,33-35,37,39-41,43,45-48,50-52H2,1-3H3,(H,92,93)/b61-53+/t55-,62+,63-,69+,70+,72-,74-,75+,77-,79+,80+,81+,82+,83+,84-,85+,86+/m0/s1. The maximum atomic E-state index is 15.2. The van der Waals surface area contributed by atoms with E-state index < -0.39 is 45.8 Å². The molecule has 0 saturated heterocycles. The number of dihydropyridines is 1. The number of aliphatic carboxylic acids is 1. The van der Waals surface area contributed by atoms with Crippen LogP contribution in [0.5, 0.6) is 0 Å². The van der Waals surface area contributed by atoms with Crippen molar-refractivity contribution in [3.8, 4) is 0 Å². The van der Waals surface area contributed by atoms with Gasteiger partial charge in [0.2, 0.25) is 0 Å². The van der Waals surface area contributed by atoms with Crippen molar-refractivity contribution in [3.63, 3.8) is 0 Å². The van der Waals surface area contributed by atoms with Crippen LogP contribution in [0.15, 0.2) is 162 Å². The Morgan fingerprint density at radius 2 is 1.61 bits per heavy atom. The number of benzene rings is 3. The van der Waals surface area contributed by atoms with Gasteiger partial charge in [0.1, 0.15) is 0 Å². The van der Waals surface area contributed by atoms with Crippen molar-refractivity contribution < 1.29 is 25.2 Å². The molecule has 0 aromatic heterocycles. The molecule has 3 aromatic rings. The first-order valence-corrected chi connectivity index (χ1v) is 37.6. The normalized spacial score (nSPS) is 41.4. The summed E-state index contributed by atoms with van der Waals surface area (Å²) in [6, 6.07) is 28.1. The highest BCUT2D eigenvalue weighted by Crippen LogP contribution is 2.87. The number of hydrogen-bond donors (Lipinski definition) is 6. The lowest BCUT2D eigenvalue weighted by Gasteiger charge is -2.76. The van der Waals surface area contributed by atoms with Crippen LogP contribution in [0.3, 0.4) is 0 Å². The molecule has 0 unspecified atom stereocenters. The average Bonchev–Trinajstić information content (AvgIpc) is 1.63. The fourth-order valence-electron chi connectivity index (χ4n) is 26.5. The number of carboxylic acids is 1. The van der Waals surface area contributed by atoms with Crippen LogP contribution in [0.4, 0.5) is 0 Å². The van der Waals surface area contributed by atoms with Gasteiger partial charge in [-0.15, -0.1) is 0 Å². The molecule has 0 radical (unpaired) electrons. The van der Waals surface area contributed by atoms with E-state index in [2.05, 4.69) is 159 Å². The third-order valence-electron chi connectivity index (χ3n) is 30.0. The van der Waals surface area contributed by atoms with Crippen molar-refractivity contribution in [2.45, 2.75) is 200 Å². The predicted molar refractivity (Wildman–Crippen MR) is 373 cm³/mol. The van der Waals surface area contributed by atoms with Crippen LogP contribution >= 0.6 is 0 Å². The molecule has 6 heterocycles. The largest absolute Gasteiger partial charge is 0.516 e. The Morgan fingerprint density at radius 3 is 2.43 bits per heavy atom. The monoisotopic (exact) mass is 1240 g/mol. The van der Waals surface area contributed by atoms with Gasteiger partial charge in [0.15, 0.2) is 0 Å². The summed E-state index contributed by atoms with van der Waals surface area (Å²) in [6.07, 6.45) is 48.8. The molecule has 0 amide bonds. The zero-order valence-corrected chi connectivity index (χ0v) is 56.0. The average molecular weight is 1250 g/mol. The lowest BCUT2D eigenvalue weighted by molar-refractivity contribution is -0.184. The van der Waals surface area contributed by atoms with Gasteiger partial charge in [0, 0.05) is 46.1 Å². The molecule has 7 nitrogen and oxygen atoms in total. The molecule has 3 aromatic carbocycles. The minimum atomic E-state index is -1.06. The van der Waals surface area contributed by atoms with Crippen LogP contribution in [0, 0.1) is 91.2 Å². The summed E-state index contributed by atoms with van der Waals surface area (Å²) in [5.41, 5.74) is 12.3. The summed E-state index contributed by atoms with van der Waals surface area (Å²) in [5.74, 6) is 1.36. The predicted octanol–water partition coefficient (Wildman–Crippen LogP) is 16.2. The molecule has 17 atom stereocenters. The summed E-state index contributed by atoms with van der Waals surface area (Å²) in [7, 11) is 0. The van der Waals surface area contributed by atoms with E-state index >= 15 is 4.79 Å². The van der Waals surface area contributed by atoms with E-state index in [0.717, 1.165) is 108 Å². The van der Waals surface area contributed by atoms with Crippen LogP contribution in [0.2, 0.25) is 0 Å². The fraction of sp³-hybridized carbons (Fsp3) is 0.570. The number of carbonyl (C=O) groups is 1. The molecular formula is C86H104N2O5. The van der Waals surface area contributed by atoms with Gasteiger partial charge in [-0.05, 0) is 254 Å². The van der Waals surface area contributed by atoms with Crippen molar-refractivity contribution in [1.29, 1.82) is 0 Å². The van der Waals surface area contributed by atoms with Crippen LogP contribution in [0.25, 0.3) is 16.7 Å². The van der Waals surface area contributed by atoms with Gasteiger partial charge in [-0.2, -0.15) is 0 Å². The van der Waals surface area contributed by atoms with E-state index in [1.165, 1.54) is 120 Å². The van der Waals surface area contributed by atoms with Gasteiger partial charge in [-0.1, -0.05) is 185 Å². The van der Waals surface area contributed by atoms with Crippen LogP contribution in [-0.4, -0.2) is 51.7 Å². The number of unbranched alkanes of at least 4 members (excludes halogenated alkanes) is 2. The van der Waals surface area contributed by atoms with Crippen LogP contribution in [-0.2, 0) is 24.1 Å². The highest BCUT2D eigenvalue weighted by molar-refractivity contribution is 5.84. The zero-order chi connectivity index (χ0) is 63.3. The molecule has 7 heteroatoms. The molecule has 14 bridgehead atoms. The Morgan fingerprint density at radius 1 is 0.785 bits per heavy atom. The first-order chi connectivity index (χ1) is 45.3. The molecule has 6 N–H and O–H groups in total. The third kappa shape index (κ3) is 8.60. The first-order valence-electron chi connectivity index (χ1n) is 37.6. The first kappa shape index (κ1) is 60.8. The zero-order valence-electron chi connectivity index (χ0n) is 56.0. The second-order valence-electron chi connectivity index (χ2n) is 33.6. The number of allylic oxidation sites excluding steroid dienone is 12. The van der Waals surface area contributed by atoms with E-state index in [1.54, 1.807) is 16.7 Å². The second kappa shape index (κ2) is 22.6. The molecule has 488 valence electrons. The van der Waals surface area contributed by atoms with Crippen molar-refractivity contribution in [3.05, 3.63) is 195 Å². The molecule has 18 aliphatic rings. The number of aliphatic hydroxyl groups is 3. The fourth-order valence-corrected chi connectivity index (χ4v) is 26.5. The summed E-state index contributed by atoms with van der Waals surface area (Å²) in [5, 5.41) is 61.7. The van der Waals surface area contributed by atoms with E-state index in [0.29, 0.717) is 31.1 Å². The number of fused-ring (bicyclic) bond motifs is 3. The Balaban J connectivity index is 0.879. The minimum absolute atomic E-state index is 0.0710. The molecule has 3 spiro atoms. The van der Waals surface area contributed by atoms with E-state index in [9.17, 15) is 20.4 Å². The van der Waals surface area contributed by atoms with E-state index in [1.807, 2.05) is 0 Å². The number of nitrogens with one attached hydrogen (secondary N) is 2. The number of hydrogen-bond acceptors (Lipinski definition) is 6. The van der Waals surface area contributed by atoms with Crippen molar-refractivity contribution >= 4 is 22.7 Å². The highest BCUT2D eigenvalue weighted by atomic mass is 16.4. The Bertz CT molecular complexity index is 3940. The maximum Gasteiger partial charge on any atom is 0.307 e. The van der Waals surface area contributed by atoms with Crippen LogP contribution < -0.4 is 21.1 Å². The number of aryl methyl sites for hydroxylation is 1. The lowest BCUT2D eigenvalue weighted by Crippen LogP contribution is -2.71. The minimum Gasteiger partial charge on any atom is -0.516 e. The topological polar surface area (TPSA) is 122 Å².